The Bertz CT molecular complexity index is 702. The molecule has 2 rings (SSSR count). The second kappa shape index (κ2) is 7.98. The third-order valence-corrected chi connectivity index (χ3v) is 3.18. The lowest BCUT2D eigenvalue weighted by Gasteiger charge is -2.09. The molecule has 2 aromatic rings. The normalized spacial score (nSPS) is 10.7. The zero-order valence-corrected chi connectivity index (χ0v) is 13.2. The molecule has 0 saturated heterocycles. The van der Waals surface area contributed by atoms with E-state index >= 15 is 0 Å². The van der Waals surface area contributed by atoms with Crippen LogP contribution in [0.5, 0.6) is 0 Å². The van der Waals surface area contributed by atoms with Gasteiger partial charge in [0.15, 0.2) is 5.76 Å². The number of anilines is 1. The second-order valence-corrected chi connectivity index (χ2v) is 4.94. The van der Waals surface area contributed by atoms with Crippen LogP contribution in [-0.2, 0) is 4.74 Å². The minimum absolute atomic E-state index is 0.210. The summed E-state index contributed by atoms with van der Waals surface area (Å²) < 4.78 is 10.2. The van der Waals surface area contributed by atoms with Crippen molar-refractivity contribution in [1.82, 2.24) is 0 Å². The number of furan rings is 1. The maximum Gasteiger partial charge on any atom is 0.338 e. The van der Waals surface area contributed by atoms with Gasteiger partial charge in [-0.1, -0.05) is 25.1 Å². The Labute approximate surface area is 134 Å². The van der Waals surface area contributed by atoms with Gasteiger partial charge in [0.2, 0.25) is 0 Å². The number of allylic oxidation sites excluding steroid dienone is 1. The molecule has 0 aliphatic rings. The molecule has 0 unspecified atom stereocenters. The third kappa shape index (κ3) is 4.57. The predicted octanol–water partition coefficient (Wildman–Crippen LogP) is 3.96. The van der Waals surface area contributed by atoms with Gasteiger partial charge in [0.25, 0.3) is 5.91 Å². The first-order valence-electron chi connectivity index (χ1n) is 7.39. The zero-order chi connectivity index (χ0) is 16.7. The summed E-state index contributed by atoms with van der Waals surface area (Å²) in [6.45, 7) is 4.08. The lowest BCUT2D eigenvalue weighted by molar-refractivity contribution is 0.0549. The molecule has 120 valence electrons. The van der Waals surface area contributed by atoms with E-state index in [0.717, 1.165) is 12.0 Å². The molecule has 0 spiro atoms. The molecule has 0 radical (unpaired) electrons. The van der Waals surface area contributed by atoms with Crippen LogP contribution in [-0.4, -0.2) is 18.5 Å². The van der Waals surface area contributed by atoms with Gasteiger partial charge < -0.3 is 14.5 Å². The summed E-state index contributed by atoms with van der Waals surface area (Å²) >= 11 is 0. The Morgan fingerprint density at radius 1 is 1.26 bits per heavy atom. The largest absolute Gasteiger partial charge is 0.459 e. The van der Waals surface area contributed by atoms with Gasteiger partial charge in [-0.05, 0) is 43.2 Å². The number of aryl methyl sites for hydroxylation is 1. The quantitative estimate of drug-likeness (QED) is 0.647. The van der Waals surface area contributed by atoms with E-state index in [0.29, 0.717) is 11.3 Å². The van der Waals surface area contributed by atoms with Crippen LogP contribution in [0.4, 0.5) is 5.69 Å². The van der Waals surface area contributed by atoms with Crippen molar-refractivity contribution in [2.75, 3.05) is 11.9 Å². The molecular weight excluding hydrogens is 294 g/mol. The molecule has 0 aliphatic carbocycles. The van der Waals surface area contributed by atoms with E-state index in [4.69, 9.17) is 9.15 Å². The molecular formula is C18H19NO4. The molecule has 0 bridgehead atoms. The lowest BCUT2D eigenvalue weighted by Crippen LogP contribution is -2.13. The molecule has 5 heteroatoms. The van der Waals surface area contributed by atoms with Crippen LogP contribution in [0.1, 0.15) is 39.8 Å². The van der Waals surface area contributed by atoms with Crippen molar-refractivity contribution >= 4 is 17.6 Å². The van der Waals surface area contributed by atoms with Crippen LogP contribution >= 0.6 is 0 Å². The Morgan fingerprint density at radius 3 is 2.78 bits per heavy atom. The van der Waals surface area contributed by atoms with E-state index in [1.54, 1.807) is 36.4 Å². The smallest absolute Gasteiger partial charge is 0.338 e. The van der Waals surface area contributed by atoms with E-state index in [9.17, 15) is 9.59 Å². The molecule has 1 aromatic carbocycles. The highest BCUT2D eigenvalue weighted by atomic mass is 16.5. The van der Waals surface area contributed by atoms with Crippen molar-refractivity contribution in [3.05, 3.63) is 65.6 Å². The van der Waals surface area contributed by atoms with Crippen LogP contribution in [0.15, 0.2) is 53.2 Å². The SMILES string of the molecule is CC/C=C/COC(=O)c1ccc(C)c(NC(=O)c2ccco2)c1. The topological polar surface area (TPSA) is 68.5 Å². The Hall–Kier alpha value is -2.82. The number of rotatable bonds is 6. The summed E-state index contributed by atoms with van der Waals surface area (Å²) in [6.07, 6.45) is 6.05. The van der Waals surface area contributed by atoms with Gasteiger partial charge in [0, 0.05) is 5.69 Å². The van der Waals surface area contributed by atoms with Crippen molar-refractivity contribution in [2.45, 2.75) is 20.3 Å². The molecule has 0 aliphatic heterocycles. The predicted molar refractivity (Wildman–Crippen MR) is 87.6 cm³/mol. The van der Waals surface area contributed by atoms with E-state index in [1.165, 1.54) is 6.26 Å². The van der Waals surface area contributed by atoms with Gasteiger partial charge in [-0.15, -0.1) is 0 Å². The highest BCUT2D eigenvalue weighted by Gasteiger charge is 2.13. The third-order valence-electron chi connectivity index (χ3n) is 3.18. The number of hydrogen-bond acceptors (Lipinski definition) is 4. The first-order chi connectivity index (χ1) is 11.1. The minimum atomic E-state index is -0.431. The van der Waals surface area contributed by atoms with Crippen molar-refractivity contribution in [3.8, 4) is 0 Å². The van der Waals surface area contributed by atoms with Crippen molar-refractivity contribution < 1.29 is 18.7 Å². The van der Waals surface area contributed by atoms with Crippen molar-refractivity contribution in [1.29, 1.82) is 0 Å². The standard InChI is InChI=1S/C18H19NO4/c1-3-4-5-10-23-18(21)14-9-8-13(2)15(12-14)19-17(20)16-7-6-11-22-16/h4-9,11-12H,3,10H2,1-2H3,(H,19,20)/b5-4+. The van der Waals surface area contributed by atoms with E-state index in [1.807, 2.05) is 19.9 Å². The Balaban J connectivity index is 2.07. The molecule has 5 nitrogen and oxygen atoms in total. The number of carbonyl (C=O) groups is 2. The van der Waals surface area contributed by atoms with E-state index < -0.39 is 5.97 Å². The number of hydrogen-bond donors (Lipinski definition) is 1. The fraction of sp³-hybridized carbons (Fsp3) is 0.222. The van der Waals surface area contributed by atoms with Crippen LogP contribution in [0.3, 0.4) is 0 Å². The maximum absolute atomic E-state index is 12.0. The fourth-order valence-corrected chi connectivity index (χ4v) is 1.92. The lowest BCUT2D eigenvalue weighted by atomic mass is 10.1. The van der Waals surface area contributed by atoms with Gasteiger partial charge in [0.05, 0.1) is 11.8 Å². The van der Waals surface area contributed by atoms with Crippen LogP contribution in [0.2, 0.25) is 0 Å². The van der Waals surface area contributed by atoms with Gasteiger partial charge in [-0.3, -0.25) is 4.79 Å². The summed E-state index contributed by atoms with van der Waals surface area (Å²) in [7, 11) is 0. The highest BCUT2D eigenvalue weighted by molar-refractivity contribution is 6.03. The number of esters is 1. The van der Waals surface area contributed by atoms with E-state index in [2.05, 4.69) is 5.32 Å². The average molecular weight is 313 g/mol. The van der Waals surface area contributed by atoms with Crippen LogP contribution < -0.4 is 5.32 Å². The Kier molecular flexibility index (Phi) is 5.74. The van der Waals surface area contributed by atoms with Gasteiger partial charge >= 0.3 is 5.97 Å². The summed E-state index contributed by atoms with van der Waals surface area (Å²) in [4.78, 5) is 24.0. The molecule has 1 amide bonds. The van der Waals surface area contributed by atoms with Gasteiger partial charge in [-0.2, -0.15) is 0 Å². The number of benzene rings is 1. The fourth-order valence-electron chi connectivity index (χ4n) is 1.92. The molecule has 0 saturated carbocycles. The van der Waals surface area contributed by atoms with E-state index in [-0.39, 0.29) is 18.3 Å². The van der Waals surface area contributed by atoms with Crippen LogP contribution in [0, 0.1) is 6.92 Å². The molecule has 23 heavy (non-hydrogen) atoms. The molecule has 1 N–H and O–H groups in total. The molecule has 0 fully saturated rings. The van der Waals surface area contributed by atoms with Crippen molar-refractivity contribution in [3.63, 3.8) is 0 Å². The van der Waals surface area contributed by atoms with Crippen molar-refractivity contribution in [2.24, 2.45) is 0 Å². The molecule has 1 aromatic heterocycles. The first-order valence-corrected chi connectivity index (χ1v) is 7.39. The minimum Gasteiger partial charge on any atom is -0.459 e. The van der Waals surface area contributed by atoms with Gasteiger partial charge in [0.1, 0.15) is 6.61 Å². The monoisotopic (exact) mass is 313 g/mol. The number of nitrogens with one attached hydrogen (secondary N) is 1. The number of ether oxygens (including phenoxy) is 1. The summed E-state index contributed by atoms with van der Waals surface area (Å²) in [5.74, 6) is -0.587. The highest BCUT2D eigenvalue weighted by Crippen LogP contribution is 2.19. The summed E-state index contributed by atoms with van der Waals surface area (Å²) in [6, 6.07) is 8.24. The van der Waals surface area contributed by atoms with Gasteiger partial charge in [-0.25, -0.2) is 4.79 Å². The Morgan fingerprint density at radius 2 is 2.09 bits per heavy atom. The summed E-state index contributed by atoms with van der Waals surface area (Å²) in [5, 5.41) is 2.73. The molecule has 1 heterocycles. The first kappa shape index (κ1) is 16.5. The van der Waals surface area contributed by atoms with Crippen LogP contribution in [0.25, 0.3) is 0 Å². The number of carbonyl (C=O) groups excluding carboxylic acids is 2. The zero-order valence-electron chi connectivity index (χ0n) is 13.2. The maximum atomic E-state index is 12.0. The second-order valence-electron chi connectivity index (χ2n) is 4.94. The average Bonchev–Trinajstić information content (AvgIpc) is 3.08. The molecule has 0 atom stereocenters. The number of amides is 1. The summed E-state index contributed by atoms with van der Waals surface area (Å²) in [5.41, 5.74) is 1.77.